The molecule has 42 heavy (non-hydrogen) atoms. The first-order valence-electron chi connectivity index (χ1n) is 15.2. The lowest BCUT2D eigenvalue weighted by atomic mass is 9.76. The van der Waals surface area contributed by atoms with Gasteiger partial charge in [-0.15, -0.1) is 0 Å². The molecule has 7 heteroatoms. The summed E-state index contributed by atoms with van der Waals surface area (Å²) in [6.07, 6.45) is 11.1. The summed E-state index contributed by atoms with van der Waals surface area (Å²) in [5.41, 5.74) is 2.31. The van der Waals surface area contributed by atoms with Crippen LogP contribution in [-0.2, 0) is 11.3 Å². The third-order valence-electron chi connectivity index (χ3n) is 9.00. The van der Waals surface area contributed by atoms with Crippen molar-refractivity contribution in [3.63, 3.8) is 0 Å². The molecule has 2 aliphatic heterocycles. The molecule has 3 aliphatic rings. The van der Waals surface area contributed by atoms with E-state index in [1.807, 2.05) is 12.1 Å². The van der Waals surface area contributed by atoms with E-state index in [9.17, 15) is 14.0 Å². The summed E-state index contributed by atoms with van der Waals surface area (Å²) >= 11 is 0. The zero-order chi connectivity index (χ0) is 28.9. The molecular weight excluding hydrogens is 529 g/mol. The van der Waals surface area contributed by atoms with Crippen molar-refractivity contribution in [1.82, 2.24) is 10.2 Å². The Labute approximate surface area is 247 Å². The predicted octanol–water partition coefficient (Wildman–Crippen LogP) is 6.77. The SMILES string of the molecule is O=C(NCN1CCC(C2CCCCC2)CC1)c1ccc(/C=C2\Oc3ccccc3N(Cc3ccccc3F)C2=O)cc1. The lowest BCUT2D eigenvalue weighted by molar-refractivity contribution is -0.117. The van der Waals surface area contributed by atoms with Gasteiger partial charge in [-0.05, 0) is 66.6 Å². The molecule has 2 fully saturated rings. The van der Waals surface area contributed by atoms with Crippen LogP contribution in [0.15, 0.2) is 78.6 Å². The zero-order valence-corrected chi connectivity index (χ0v) is 23.9. The van der Waals surface area contributed by atoms with Crippen molar-refractivity contribution in [3.05, 3.63) is 101 Å². The van der Waals surface area contributed by atoms with Gasteiger partial charge in [0, 0.05) is 24.2 Å². The van der Waals surface area contributed by atoms with Gasteiger partial charge < -0.3 is 10.1 Å². The van der Waals surface area contributed by atoms with Crippen molar-refractivity contribution in [2.75, 3.05) is 24.7 Å². The molecule has 218 valence electrons. The summed E-state index contributed by atoms with van der Waals surface area (Å²) in [7, 11) is 0. The second kappa shape index (κ2) is 12.9. The number of benzene rings is 3. The number of anilines is 1. The number of piperidine rings is 1. The molecule has 3 aromatic rings. The summed E-state index contributed by atoms with van der Waals surface area (Å²) in [5.74, 6) is 1.58. The van der Waals surface area contributed by atoms with E-state index in [0.29, 0.717) is 29.2 Å². The molecule has 6 rings (SSSR count). The molecule has 0 unspecified atom stereocenters. The minimum Gasteiger partial charge on any atom is -0.449 e. The summed E-state index contributed by atoms with van der Waals surface area (Å²) in [4.78, 5) is 30.2. The van der Waals surface area contributed by atoms with Gasteiger partial charge >= 0.3 is 0 Å². The number of fused-ring (bicyclic) bond motifs is 1. The number of hydrogen-bond donors (Lipinski definition) is 1. The van der Waals surface area contributed by atoms with E-state index in [1.54, 1.807) is 60.7 Å². The number of para-hydroxylation sites is 2. The highest BCUT2D eigenvalue weighted by atomic mass is 19.1. The van der Waals surface area contributed by atoms with Crippen molar-refractivity contribution < 1.29 is 18.7 Å². The number of ether oxygens (including phenoxy) is 1. The molecule has 6 nitrogen and oxygen atoms in total. The molecule has 0 atom stereocenters. The van der Waals surface area contributed by atoms with Gasteiger partial charge in [-0.3, -0.25) is 19.4 Å². The topological polar surface area (TPSA) is 61.9 Å². The van der Waals surface area contributed by atoms with Gasteiger partial charge in [0.2, 0.25) is 0 Å². The third-order valence-corrected chi connectivity index (χ3v) is 9.00. The fourth-order valence-electron chi connectivity index (χ4n) is 6.57. The van der Waals surface area contributed by atoms with Crippen molar-refractivity contribution >= 4 is 23.6 Å². The molecule has 0 bridgehead atoms. The largest absolute Gasteiger partial charge is 0.449 e. The molecule has 1 saturated heterocycles. The maximum Gasteiger partial charge on any atom is 0.294 e. The Kier molecular flexibility index (Phi) is 8.65. The molecule has 1 N–H and O–H groups in total. The van der Waals surface area contributed by atoms with Gasteiger partial charge in [0.05, 0.1) is 18.9 Å². The molecule has 2 amide bonds. The van der Waals surface area contributed by atoms with Crippen LogP contribution in [0.1, 0.15) is 66.4 Å². The predicted molar refractivity (Wildman–Crippen MR) is 162 cm³/mol. The van der Waals surface area contributed by atoms with Crippen LogP contribution in [-0.4, -0.2) is 36.5 Å². The number of carbonyl (C=O) groups is 2. The first-order valence-corrected chi connectivity index (χ1v) is 15.2. The van der Waals surface area contributed by atoms with Crippen LogP contribution in [0.3, 0.4) is 0 Å². The Morgan fingerprint density at radius 2 is 1.57 bits per heavy atom. The number of likely N-dealkylation sites (tertiary alicyclic amines) is 1. The fourth-order valence-corrected chi connectivity index (χ4v) is 6.57. The van der Waals surface area contributed by atoms with Crippen LogP contribution < -0.4 is 15.0 Å². The number of nitrogens with one attached hydrogen (secondary N) is 1. The van der Waals surface area contributed by atoms with Crippen molar-refractivity contribution in [2.45, 2.75) is 51.5 Å². The minimum absolute atomic E-state index is 0.0839. The van der Waals surface area contributed by atoms with Crippen molar-refractivity contribution in [2.24, 2.45) is 11.8 Å². The normalized spacial score (nSPS) is 19.4. The highest BCUT2D eigenvalue weighted by Crippen LogP contribution is 2.37. The maximum atomic E-state index is 14.4. The highest BCUT2D eigenvalue weighted by molar-refractivity contribution is 6.09. The summed E-state index contributed by atoms with van der Waals surface area (Å²) in [5, 5.41) is 3.07. The second-order valence-corrected chi connectivity index (χ2v) is 11.7. The minimum atomic E-state index is -0.363. The van der Waals surface area contributed by atoms with Gasteiger partial charge in [0.1, 0.15) is 5.82 Å². The van der Waals surface area contributed by atoms with E-state index >= 15 is 0 Å². The maximum absolute atomic E-state index is 14.4. The lowest BCUT2D eigenvalue weighted by Gasteiger charge is -2.37. The molecule has 0 radical (unpaired) electrons. The van der Waals surface area contributed by atoms with Gasteiger partial charge in [-0.2, -0.15) is 0 Å². The van der Waals surface area contributed by atoms with Crippen molar-refractivity contribution in [3.8, 4) is 5.75 Å². The van der Waals surface area contributed by atoms with E-state index in [-0.39, 0.29) is 29.9 Å². The van der Waals surface area contributed by atoms with E-state index in [1.165, 1.54) is 55.9 Å². The average molecular weight is 568 g/mol. The Bertz CT molecular complexity index is 1440. The summed E-state index contributed by atoms with van der Waals surface area (Å²) in [6, 6.07) is 20.8. The summed E-state index contributed by atoms with van der Waals surface area (Å²) < 4.78 is 20.4. The monoisotopic (exact) mass is 567 g/mol. The van der Waals surface area contributed by atoms with Crippen molar-refractivity contribution in [1.29, 1.82) is 0 Å². The number of nitrogens with zero attached hydrogens (tertiary/aromatic N) is 2. The number of carbonyl (C=O) groups excluding carboxylic acids is 2. The number of halogens is 1. The third kappa shape index (κ3) is 6.41. The molecule has 2 heterocycles. The summed E-state index contributed by atoms with van der Waals surface area (Å²) in [6.45, 7) is 2.72. The quantitative estimate of drug-likeness (QED) is 0.320. The molecule has 3 aromatic carbocycles. The molecule has 0 spiro atoms. The Balaban J connectivity index is 1.07. The smallest absolute Gasteiger partial charge is 0.294 e. The van der Waals surface area contributed by atoms with Gasteiger partial charge in [0.15, 0.2) is 11.5 Å². The number of amides is 2. The van der Waals surface area contributed by atoms with Crippen LogP contribution in [0, 0.1) is 17.7 Å². The van der Waals surface area contributed by atoms with Crippen LogP contribution in [0.5, 0.6) is 5.75 Å². The second-order valence-electron chi connectivity index (χ2n) is 11.7. The Morgan fingerprint density at radius 3 is 2.33 bits per heavy atom. The van der Waals surface area contributed by atoms with Gasteiger partial charge in [-0.1, -0.05) is 74.6 Å². The Hall–Kier alpha value is -3.97. The van der Waals surface area contributed by atoms with E-state index in [4.69, 9.17) is 4.74 Å². The van der Waals surface area contributed by atoms with E-state index in [2.05, 4.69) is 10.2 Å². The zero-order valence-electron chi connectivity index (χ0n) is 23.9. The van der Waals surface area contributed by atoms with E-state index in [0.717, 1.165) is 30.5 Å². The van der Waals surface area contributed by atoms with Crippen LogP contribution in [0.2, 0.25) is 0 Å². The van der Waals surface area contributed by atoms with Crippen LogP contribution >= 0.6 is 0 Å². The van der Waals surface area contributed by atoms with Gasteiger partial charge in [0.25, 0.3) is 11.8 Å². The fraction of sp³-hybridized carbons (Fsp3) is 0.371. The first kappa shape index (κ1) is 28.2. The van der Waals surface area contributed by atoms with Crippen LogP contribution in [0.4, 0.5) is 10.1 Å². The number of hydrogen-bond acceptors (Lipinski definition) is 4. The molecule has 1 aliphatic carbocycles. The average Bonchev–Trinajstić information content (AvgIpc) is 3.04. The molecule has 0 aromatic heterocycles. The van der Waals surface area contributed by atoms with Crippen LogP contribution in [0.25, 0.3) is 6.08 Å². The number of rotatable bonds is 7. The molecule has 1 saturated carbocycles. The highest BCUT2D eigenvalue weighted by Gasteiger charge is 2.31. The van der Waals surface area contributed by atoms with E-state index < -0.39 is 0 Å². The lowest BCUT2D eigenvalue weighted by Crippen LogP contribution is -2.43. The molecular formula is C35H38FN3O3. The standard InChI is InChI=1S/C35H38FN3O3/c36-30-11-5-4-10-29(30)23-39-31-12-6-7-13-32(31)42-33(35(39)41)22-25-14-16-28(17-15-25)34(40)37-24-38-20-18-27(19-21-38)26-8-2-1-3-9-26/h4-7,10-17,22,26-27H,1-3,8-9,18-21,23-24H2,(H,37,40)/b33-22-. The Morgan fingerprint density at radius 1 is 0.881 bits per heavy atom. The van der Waals surface area contributed by atoms with Gasteiger partial charge in [-0.25, -0.2) is 4.39 Å². The first-order chi connectivity index (χ1) is 20.5.